The third kappa shape index (κ3) is 4.09. The summed E-state index contributed by atoms with van der Waals surface area (Å²) in [7, 11) is 0. The predicted octanol–water partition coefficient (Wildman–Crippen LogP) is 3.77. The lowest BCUT2D eigenvalue weighted by molar-refractivity contribution is 0.0194. The van der Waals surface area contributed by atoms with Crippen LogP contribution in [0, 0.1) is 5.92 Å². The smallest absolute Gasteiger partial charge is 0.410 e. The quantitative estimate of drug-likeness (QED) is 0.732. The molecular weight excluding hydrogens is 252 g/mol. The molecule has 4 nitrogen and oxygen atoms in total. The van der Waals surface area contributed by atoms with Gasteiger partial charge in [0.1, 0.15) is 5.60 Å². The molecular formula is C16H26N2O2. The fraction of sp³-hybridized carbons (Fsp3) is 0.750. The third-order valence-electron chi connectivity index (χ3n) is 3.74. The Morgan fingerprint density at radius 2 is 2.00 bits per heavy atom. The number of piperidine rings is 1. The highest BCUT2D eigenvalue weighted by Gasteiger charge is 2.28. The summed E-state index contributed by atoms with van der Waals surface area (Å²) in [6.45, 7) is 9.35. The number of amides is 1. The topological polar surface area (TPSA) is 41.9 Å². The van der Waals surface area contributed by atoms with Gasteiger partial charge in [-0.25, -0.2) is 4.79 Å². The Morgan fingerprint density at radius 1 is 1.35 bits per heavy atom. The largest absolute Gasteiger partial charge is 0.444 e. The van der Waals surface area contributed by atoms with Crippen LogP contribution in [0.5, 0.6) is 0 Å². The molecule has 0 atom stereocenters. The normalized spacial score (nSPS) is 21.3. The number of ether oxygens (including phenoxy) is 1. The fourth-order valence-corrected chi connectivity index (χ4v) is 2.69. The summed E-state index contributed by atoms with van der Waals surface area (Å²) in [5, 5.41) is 0. The van der Waals surface area contributed by atoms with E-state index in [-0.39, 0.29) is 6.09 Å². The van der Waals surface area contributed by atoms with Crippen molar-refractivity contribution in [2.24, 2.45) is 10.9 Å². The van der Waals surface area contributed by atoms with Gasteiger partial charge in [0, 0.05) is 30.4 Å². The molecule has 1 fully saturated rings. The Morgan fingerprint density at radius 3 is 2.55 bits per heavy atom. The summed E-state index contributed by atoms with van der Waals surface area (Å²) in [6.07, 6.45) is 6.25. The van der Waals surface area contributed by atoms with E-state index < -0.39 is 5.60 Å². The first-order valence-corrected chi connectivity index (χ1v) is 7.57. The van der Waals surface area contributed by atoms with E-state index in [4.69, 9.17) is 4.74 Å². The summed E-state index contributed by atoms with van der Waals surface area (Å²) in [5.41, 5.74) is 2.05. The van der Waals surface area contributed by atoms with Gasteiger partial charge in [-0.15, -0.1) is 0 Å². The van der Waals surface area contributed by atoms with Gasteiger partial charge in [-0.1, -0.05) is 6.08 Å². The summed E-state index contributed by atoms with van der Waals surface area (Å²) < 4.78 is 5.42. The molecule has 0 spiro atoms. The number of rotatable bonds is 1. The van der Waals surface area contributed by atoms with E-state index in [1.54, 1.807) is 0 Å². The maximum Gasteiger partial charge on any atom is 0.410 e. The van der Waals surface area contributed by atoms with Crippen molar-refractivity contribution in [3.05, 3.63) is 11.8 Å². The van der Waals surface area contributed by atoms with Gasteiger partial charge < -0.3 is 9.64 Å². The van der Waals surface area contributed by atoms with E-state index in [0.717, 1.165) is 38.8 Å². The van der Waals surface area contributed by atoms with Gasteiger partial charge in [-0.3, -0.25) is 4.99 Å². The number of hydrogen-bond donors (Lipinski definition) is 0. The third-order valence-corrected chi connectivity index (χ3v) is 3.74. The minimum Gasteiger partial charge on any atom is -0.444 e. The van der Waals surface area contributed by atoms with E-state index in [9.17, 15) is 4.79 Å². The van der Waals surface area contributed by atoms with Crippen LogP contribution in [0.1, 0.15) is 53.4 Å². The number of carbonyl (C=O) groups excluding carboxylic acids is 1. The van der Waals surface area contributed by atoms with Crippen LogP contribution < -0.4 is 0 Å². The number of allylic oxidation sites excluding steroid dienone is 2. The molecule has 1 saturated heterocycles. The average molecular weight is 278 g/mol. The van der Waals surface area contributed by atoms with Crippen LogP contribution in [0.25, 0.3) is 0 Å². The van der Waals surface area contributed by atoms with E-state index >= 15 is 0 Å². The van der Waals surface area contributed by atoms with Crippen molar-refractivity contribution < 1.29 is 9.53 Å². The number of nitrogens with zero attached hydrogens (tertiary/aromatic N) is 2. The zero-order valence-corrected chi connectivity index (χ0v) is 13.1. The summed E-state index contributed by atoms with van der Waals surface area (Å²) in [6, 6.07) is 0. The van der Waals surface area contributed by atoms with E-state index in [0.29, 0.717) is 5.92 Å². The van der Waals surface area contributed by atoms with Gasteiger partial charge in [0.2, 0.25) is 0 Å². The highest BCUT2D eigenvalue weighted by atomic mass is 16.6. The lowest BCUT2D eigenvalue weighted by Crippen LogP contribution is -2.42. The Balaban J connectivity index is 1.87. The number of likely N-dealkylation sites (tertiary alicyclic amines) is 1. The van der Waals surface area contributed by atoms with Crippen LogP contribution in [0.2, 0.25) is 0 Å². The maximum atomic E-state index is 12.0. The first-order valence-electron chi connectivity index (χ1n) is 7.57. The first kappa shape index (κ1) is 15.1. The molecule has 2 aliphatic rings. The van der Waals surface area contributed by atoms with Gasteiger partial charge in [-0.2, -0.15) is 0 Å². The van der Waals surface area contributed by atoms with Crippen LogP contribution in [0.15, 0.2) is 16.8 Å². The molecule has 0 aromatic rings. The van der Waals surface area contributed by atoms with Crippen molar-refractivity contribution in [3.63, 3.8) is 0 Å². The molecule has 0 bridgehead atoms. The van der Waals surface area contributed by atoms with Crippen molar-refractivity contribution in [1.29, 1.82) is 0 Å². The molecule has 112 valence electrons. The molecule has 0 radical (unpaired) electrons. The molecule has 1 amide bonds. The molecule has 0 N–H and O–H groups in total. The van der Waals surface area contributed by atoms with Crippen LogP contribution in [0.3, 0.4) is 0 Å². The maximum absolute atomic E-state index is 12.0. The summed E-state index contributed by atoms with van der Waals surface area (Å²) in [5.74, 6) is 0.504. The second-order valence-corrected chi connectivity index (χ2v) is 6.76. The molecule has 2 aliphatic heterocycles. The fourth-order valence-electron chi connectivity index (χ4n) is 2.69. The van der Waals surface area contributed by atoms with E-state index in [1.807, 2.05) is 25.7 Å². The van der Waals surface area contributed by atoms with Crippen molar-refractivity contribution >= 4 is 11.8 Å². The van der Waals surface area contributed by atoms with Crippen molar-refractivity contribution in [1.82, 2.24) is 4.90 Å². The minimum atomic E-state index is -0.415. The van der Waals surface area contributed by atoms with Crippen molar-refractivity contribution in [2.75, 3.05) is 13.1 Å². The number of aliphatic imine (C=N–C) groups is 1. The van der Waals surface area contributed by atoms with Crippen molar-refractivity contribution in [2.45, 2.75) is 59.0 Å². The molecule has 0 aromatic heterocycles. The highest BCUT2D eigenvalue weighted by molar-refractivity contribution is 5.83. The standard InChI is InChI=1S/C16H26N2O2/c1-12-6-5-7-14(17-12)13-8-10-18(11-9-13)15(19)20-16(2,3)4/h7,13H,5-6,8-11H2,1-4H3. The predicted molar refractivity (Wildman–Crippen MR) is 81.0 cm³/mol. The van der Waals surface area contributed by atoms with Gasteiger partial charge >= 0.3 is 6.09 Å². The van der Waals surface area contributed by atoms with E-state index in [1.165, 1.54) is 11.4 Å². The highest BCUT2D eigenvalue weighted by Crippen LogP contribution is 2.29. The number of carbonyl (C=O) groups is 1. The van der Waals surface area contributed by atoms with Crippen LogP contribution in [0.4, 0.5) is 4.79 Å². The van der Waals surface area contributed by atoms with Crippen LogP contribution in [-0.2, 0) is 4.74 Å². The summed E-state index contributed by atoms with van der Waals surface area (Å²) in [4.78, 5) is 18.5. The molecule has 0 saturated carbocycles. The Hall–Kier alpha value is -1.32. The van der Waals surface area contributed by atoms with Gasteiger partial charge in [0.25, 0.3) is 0 Å². The Labute approximate surface area is 121 Å². The van der Waals surface area contributed by atoms with Gasteiger partial charge in [0.05, 0.1) is 0 Å². The molecule has 2 heterocycles. The second-order valence-electron chi connectivity index (χ2n) is 6.76. The Kier molecular flexibility index (Phi) is 4.51. The van der Waals surface area contributed by atoms with Crippen LogP contribution in [-0.4, -0.2) is 35.4 Å². The lowest BCUT2D eigenvalue weighted by atomic mass is 9.91. The van der Waals surface area contributed by atoms with Gasteiger partial charge in [-0.05, 0) is 53.4 Å². The first-order chi connectivity index (χ1) is 9.35. The Bertz CT molecular complexity index is 424. The lowest BCUT2D eigenvalue weighted by Gasteiger charge is -2.34. The van der Waals surface area contributed by atoms with Crippen molar-refractivity contribution in [3.8, 4) is 0 Å². The van der Waals surface area contributed by atoms with E-state index in [2.05, 4.69) is 18.0 Å². The molecule has 0 unspecified atom stereocenters. The summed E-state index contributed by atoms with van der Waals surface area (Å²) >= 11 is 0. The monoisotopic (exact) mass is 278 g/mol. The van der Waals surface area contributed by atoms with Crippen LogP contribution >= 0.6 is 0 Å². The number of hydrogen-bond acceptors (Lipinski definition) is 3. The SMILES string of the molecule is CC1=NC(C2CCN(C(=O)OC(C)(C)C)CC2)=CCC1. The molecule has 0 aromatic carbocycles. The molecule has 2 rings (SSSR count). The molecule has 0 aliphatic carbocycles. The minimum absolute atomic E-state index is 0.187. The van der Waals surface area contributed by atoms with Gasteiger partial charge in [0.15, 0.2) is 0 Å². The molecule has 20 heavy (non-hydrogen) atoms. The molecule has 4 heteroatoms. The zero-order chi connectivity index (χ0) is 14.8. The second kappa shape index (κ2) is 5.98. The average Bonchev–Trinajstić information content (AvgIpc) is 2.37. The zero-order valence-electron chi connectivity index (χ0n) is 13.1.